The number of hydrogen-bond acceptors (Lipinski definition) is 4. The van der Waals surface area contributed by atoms with E-state index in [1.165, 1.54) is 0 Å². The molecule has 0 atom stereocenters. The van der Waals surface area contributed by atoms with Gasteiger partial charge in [-0.2, -0.15) is 0 Å². The quantitative estimate of drug-likeness (QED) is 0.808. The molecule has 0 saturated carbocycles. The fourth-order valence-electron chi connectivity index (χ4n) is 1.69. The number of anilines is 1. The second-order valence-corrected chi connectivity index (χ2v) is 7.04. The maximum atomic E-state index is 12.4. The second kappa shape index (κ2) is 7.75. The van der Waals surface area contributed by atoms with E-state index < -0.39 is 5.60 Å². The molecule has 0 aliphatic carbocycles. The normalized spacial score (nSPS) is 11.6. The molecule has 118 valence electrons. The zero-order chi connectivity index (χ0) is 16.0. The van der Waals surface area contributed by atoms with Crippen LogP contribution in [0.5, 0.6) is 0 Å². The predicted molar refractivity (Wildman–Crippen MR) is 88.7 cm³/mol. The molecule has 0 aliphatic heterocycles. The van der Waals surface area contributed by atoms with Crippen molar-refractivity contribution in [1.29, 1.82) is 0 Å². The van der Waals surface area contributed by atoms with Gasteiger partial charge in [0.1, 0.15) is 11.4 Å². The zero-order valence-corrected chi connectivity index (χ0v) is 15.0. The van der Waals surface area contributed by atoms with E-state index in [4.69, 9.17) is 4.74 Å². The number of amides is 1. The first-order chi connectivity index (χ1) is 9.69. The summed E-state index contributed by atoms with van der Waals surface area (Å²) in [5.41, 5.74) is -0.522. The van der Waals surface area contributed by atoms with Crippen LogP contribution in [0.4, 0.5) is 10.6 Å². The molecule has 0 radical (unpaired) electrons. The Kier molecular flexibility index (Phi) is 6.61. The van der Waals surface area contributed by atoms with Crippen LogP contribution >= 0.6 is 15.9 Å². The number of pyridine rings is 1. The third kappa shape index (κ3) is 6.91. The second-order valence-electron chi connectivity index (χ2n) is 6.12. The van der Waals surface area contributed by atoms with Crippen LogP contribution in [0, 0.1) is 0 Å². The van der Waals surface area contributed by atoms with E-state index in [2.05, 4.69) is 25.8 Å². The van der Waals surface area contributed by atoms with Crippen molar-refractivity contribution in [2.45, 2.75) is 32.8 Å². The lowest BCUT2D eigenvalue weighted by Gasteiger charge is -2.27. The number of aromatic nitrogens is 1. The molecule has 1 rings (SSSR count). The highest BCUT2D eigenvalue weighted by Gasteiger charge is 2.23. The average Bonchev–Trinajstić information content (AvgIpc) is 2.33. The van der Waals surface area contributed by atoms with Crippen molar-refractivity contribution >= 4 is 27.8 Å². The Morgan fingerprint density at radius 3 is 2.43 bits per heavy atom. The van der Waals surface area contributed by atoms with Gasteiger partial charge in [0.05, 0.1) is 0 Å². The standard InChI is InChI=1S/C15H24BrN3O2/c1-15(2,3)21-14(20)19(10-6-9-18(4)5)13-8-7-12(16)11-17-13/h7-8,11H,6,9-10H2,1-5H3. The van der Waals surface area contributed by atoms with Crippen LogP contribution in [-0.4, -0.2) is 48.8 Å². The molecule has 1 aromatic heterocycles. The van der Waals surface area contributed by atoms with Gasteiger partial charge in [-0.3, -0.25) is 4.90 Å². The molecule has 0 aromatic carbocycles. The lowest BCUT2D eigenvalue weighted by Crippen LogP contribution is -2.38. The molecule has 1 amide bonds. The van der Waals surface area contributed by atoms with Gasteiger partial charge in [0, 0.05) is 17.2 Å². The summed E-state index contributed by atoms with van der Waals surface area (Å²) in [7, 11) is 4.02. The van der Waals surface area contributed by atoms with Crippen LogP contribution in [0.15, 0.2) is 22.8 Å². The van der Waals surface area contributed by atoms with E-state index in [-0.39, 0.29) is 6.09 Å². The van der Waals surface area contributed by atoms with Gasteiger partial charge in [0.2, 0.25) is 0 Å². The van der Waals surface area contributed by atoms with Crippen molar-refractivity contribution in [3.05, 3.63) is 22.8 Å². The fourth-order valence-corrected chi connectivity index (χ4v) is 1.92. The van der Waals surface area contributed by atoms with Gasteiger partial charge in [-0.05, 0) is 75.9 Å². The van der Waals surface area contributed by atoms with E-state index in [1.807, 2.05) is 47.0 Å². The van der Waals surface area contributed by atoms with Crippen LogP contribution in [0.25, 0.3) is 0 Å². The van der Waals surface area contributed by atoms with Crippen LogP contribution in [0.2, 0.25) is 0 Å². The number of carbonyl (C=O) groups is 1. The Balaban J connectivity index is 2.83. The van der Waals surface area contributed by atoms with Gasteiger partial charge in [-0.1, -0.05) is 0 Å². The summed E-state index contributed by atoms with van der Waals surface area (Å²) < 4.78 is 6.34. The molecule has 1 heterocycles. The summed E-state index contributed by atoms with van der Waals surface area (Å²) in [5.74, 6) is 0.603. The van der Waals surface area contributed by atoms with Gasteiger partial charge in [-0.15, -0.1) is 0 Å². The molecule has 0 fully saturated rings. The molecular formula is C15H24BrN3O2. The molecule has 1 aromatic rings. The highest BCUT2D eigenvalue weighted by Crippen LogP contribution is 2.18. The smallest absolute Gasteiger partial charge is 0.416 e. The van der Waals surface area contributed by atoms with Crippen LogP contribution in [0.1, 0.15) is 27.2 Å². The molecule has 5 nitrogen and oxygen atoms in total. The highest BCUT2D eigenvalue weighted by atomic mass is 79.9. The first-order valence-corrected chi connectivity index (χ1v) is 7.75. The summed E-state index contributed by atoms with van der Waals surface area (Å²) in [5, 5.41) is 0. The van der Waals surface area contributed by atoms with E-state index in [9.17, 15) is 4.79 Å². The summed E-state index contributed by atoms with van der Waals surface area (Å²) in [6.45, 7) is 7.05. The Labute approximate surface area is 135 Å². The first kappa shape index (κ1) is 17.9. The molecule has 0 aliphatic rings. The van der Waals surface area contributed by atoms with Crippen molar-refractivity contribution in [3.63, 3.8) is 0 Å². The molecule has 0 spiro atoms. The molecule has 0 unspecified atom stereocenters. The Bertz CT molecular complexity index is 455. The molecule has 0 N–H and O–H groups in total. The maximum Gasteiger partial charge on any atom is 0.416 e. The van der Waals surface area contributed by atoms with Gasteiger partial charge in [0.25, 0.3) is 0 Å². The third-order valence-electron chi connectivity index (χ3n) is 2.59. The lowest BCUT2D eigenvalue weighted by atomic mass is 10.2. The summed E-state index contributed by atoms with van der Waals surface area (Å²) in [6.07, 6.45) is 2.17. The maximum absolute atomic E-state index is 12.4. The van der Waals surface area contributed by atoms with Crippen molar-refractivity contribution in [2.75, 3.05) is 32.1 Å². The molecule has 0 bridgehead atoms. The average molecular weight is 358 g/mol. The van der Waals surface area contributed by atoms with Crippen molar-refractivity contribution in [2.24, 2.45) is 0 Å². The summed E-state index contributed by atoms with van der Waals surface area (Å²) in [6, 6.07) is 3.68. The number of hydrogen-bond donors (Lipinski definition) is 0. The number of ether oxygens (including phenoxy) is 1. The van der Waals surface area contributed by atoms with Crippen molar-refractivity contribution in [1.82, 2.24) is 9.88 Å². The fraction of sp³-hybridized carbons (Fsp3) is 0.600. The topological polar surface area (TPSA) is 45.7 Å². The van der Waals surface area contributed by atoms with Crippen molar-refractivity contribution in [3.8, 4) is 0 Å². The summed E-state index contributed by atoms with van der Waals surface area (Å²) >= 11 is 3.35. The summed E-state index contributed by atoms with van der Waals surface area (Å²) in [4.78, 5) is 20.3. The largest absolute Gasteiger partial charge is 0.443 e. The van der Waals surface area contributed by atoms with Gasteiger partial charge in [0.15, 0.2) is 0 Å². The van der Waals surface area contributed by atoms with Crippen LogP contribution < -0.4 is 4.90 Å². The number of rotatable bonds is 5. The molecule has 0 saturated heterocycles. The Morgan fingerprint density at radius 1 is 1.29 bits per heavy atom. The van der Waals surface area contributed by atoms with E-state index >= 15 is 0 Å². The lowest BCUT2D eigenvalue weighted by molar-refractivity contribution is 0.0578. The third-order valence-corrected chi connectivity index (χ3v) is 3.06. The van der Waals surface area contributed by atoms with Gasteiger partial charge >= 0.3 is 6.09 Å². The Morgan fingerprint density at radius 2 is 1.95 bits per heavy atom. The number of carbonyl (C=O) groups excluding carboxylic acids is 1. The minimum atomic E-state index is -0.522. The first-order valence-electron chi connectivity index (χ1n) is 6.96. The van der Waals surface area contributed by atoms with E-state index in [1.54, 1.807) is 11.1 Å². The van der Waals surface area contributed by atoms with E-state index in [0.29, 0.717) is 12.4 Å². The number of halogens is 1. The van der Waals surface area contributed by atoms with Crippen molar-refractivity contribution < 1.29 is 9.53 Å². The monoisotopic (exact) mass is 357 g/mol. The van der Waals surface area contributed by atoms with Gasteiger partial charge in [-0.25, -0.2) is 9.78 Å². The van der Waals surface area contributed by atoms with Crippen LogP contribution in [-0.2, 0) is 4.74 Å². The molecule has 6 heteroatoms. The minimum absolute atomic E-state index is 0.365. The van der Waals surface area contributed by atoms with Gasteiger partial charge < -0.3 is 9.64 Å². The highest BCUT2D eigenvalue weighted by molar-refractivity contribution is 9.10. The molecular weight excluding hydrogens is 334 g/mol. The minimum Gasteiger partial charge on any atom is -0.443 e. The number of nitrogens with zero attached hydrogens (tertiary/aromatic N) is 3. The predicted octanol–water partition coefficient (Wildman–Crippen LogP) is 3.54. The SMILES string of the molecule is CN(C)CCCN(C(=O)OC(C)(C)C)c1ccc(Br)cn1. The van der Waals surface area contributed by atoms with E-state index in [0.717, 1.165) is 17.4 Å². The Hall–Kier alpha value is -1.14. The molecule has 21 heavy (non-hydrogen) atoms. The van der Waals surface area contributed by atoms with Crippen LogP contribution in [0.3, 0.4) is 0 Å². The zero-order valence-electron chi connectivity index (χ0n) is 13.4.